The Kier molecular flexibility index (Phi) is 6.02. The Hall–Kier alpha value is -0.140. The fourth-order valence-corrected chi connectivity index (χ4v) is 5.93. The summed E-state index contributed by atoms with van der Waals surface area (Å²) in [5.74, 6) is 3.18. The average molecular weight is 327 g/mol. The first-order chi connectivity index (χ1) is 11.1. The van der Waals surface area contributed by atoms with Crippen molar-refractivity contribution in [2.45, 2.75) is 96.8 Å². The summed E-state index contributed by atoms with van der Waals surface area (Å²) in [7, 11) is 0. The lowest BCUT2D eigenvalue weighted by Crippen LogP contribution is -2.41. The van der Waals surface area contributed by atoms with Crippen molar-refractivity contribution in [1.82, 2.24) is 0 Å². The van der Waals surface area contributed by atoms with Crippen LogP contribution in [0.4, 0.5) is 8.78 Å². The molecule has 0 aliphatic heterocycles. The smallest absolute Gasteiger partial charge is 0.134 e. The Morgan fingerprint density at radius 2 is 1.17 bits per heavy atom. The van der Waals surface area contributed by atoms with Crippen molar-refractivity contribution < 1.29 is 8.78 Å². The molecule has 0 aromatic carbocycles. The molecular formula is C21H36F2. The SMILES string of the molecule is CCC1CCC(C2CCC(C3CCC(C)C(F)C3F)CC2)CC1. The molecule has 0 aromatic rings. The van der Waals surface area contributed by atoms with Gasteiger partial charge in [0.25, 0.3) is 0 Å². The Labute approximate surface area is 141 Å². The van der Waals surface area contributed by atoms with Gasteiger partial charge >= 0.3 is 0 Å². The summed E-state index contributed by atoms with van der Waals surface area (Å²) >= 11 is 0. The van der Waals surface area contributed by atoms with E-state index in [1.165, 1.54) is 44.9 Å². The first-order valence-electron chi connectivity index (χ1n) is 10.4. The molecule has 23 heavy (non-hydrogen) atoms. The highest BCUT2D eigenvalue weighted by Gasteiger charge is 2.43. The molecule has 3 aliphatic rings. The maximum atomic E-state index is 14.4. The van der Waals surface area contributed by atoms with Gasteiger partial charge in [0.15, 0.2) is 0 Å². The van der Waals surface area contributed by atoms with Crippen molar-refractivity contribution in [3.05, 3.63) is 0 Å². The molecular weight excluding hydrogens is 290 g/mol. The number of alkyl halides is 2. The van der Waals surface area contributed by atoms with Gasteiger partial charge in [-0.15, -0.1) is 0 Å². The van der Waals surface area contributed by atoms with Gasteiger partial charge in [0.2, 0.25) is 0 Å². The Balaban J connectivity index is 1.47. The number of halogens is 2. The van der Waals surface area contributed by atoms with E-state index in [-0.39, 0.29) is 11.8 Å². The summed E-state index contributed by atoms with van der Waals surface area (Å²) in [5, 5.41) is 0. The lowest BCUT2D eigenvalue weighted by molar-refractivity contribution is -0.0101. The highest BCUT2D eigenvalue weighted by molar-refractivity contribution is 4.92. The zero-order valence-electron chi connectivity index (χ0n) is 15.2. The summed E-state index contributed by atoms with van der Waals surface area (Å²) in [4.78, 5) is 0. The van der Waals surface area contributed by atoms with Crippen LogP contribution >= 0.6 is 0 Å². The quantitative estimate of drug-likeness (QED) is 0.539. The first-order valence-corrected chi connectivity index (χ1v) is 10.4. The van der Waals surface area contributed by atoms with Gasteiger partial charge in [0.05, 0.1) is 0 Å². The van der Waals surface area contributed by atoms with E-state index in [1.807, 2.05) is 6.92 Å². The van der Waals surface area contributed by atoms with E-state index in [1.54, 1.807) is 0 Å². The lowest BCUT2D eigenvalue weighted by Gasteiger charge is -2.43. The molecule has 0 heterocycles. The number of rotatable bonds is 3. The molecule has 4 atom stereocenters. The molecule has 3 saturated carbocycles. The van der Waals surface area contributed by atoms with Crippen molar-refractivity contribution in [2.75, 3.05) is 0 Å². The van der Waals surface area contributed by atoms with Crippen LogP contribution in [0, 0.1) is 35.5 Å². The summed E-state index contributed by atoms with van der Waals surface area (Å²) in [5.41, 5.74) is 0. The van der Waals surface area contributed by atoms with Gasteiger partial charge in [0, 0.05) is 0 Å². The van der Waals surface area contributed by atoms with Crippen LogP contribution in [0.1, 0.15) is 84.5 Å². The third kappa shape index (κ3) is 3.93. The Morgan fingerprint density at radius 3 is 1.74 bits per heavy atom. The van der Waals surface area contributed by atoms with Crippen LogP contribution in [0.2, 0.25) is 0 Å². The van der Waals surface area contributed by atoms with E-state index < -0.39 is 12.3 Å². The zero-order valence-corrected chi connectivity index (χ0v) is 15.2. The molecule has 3 rings (SSSR count). The molecule has 0 amide bonds. The summed E-state index contributed by atoms with van der Waals surface area (Å²) in [6.07, 6.45) is 11.3. The minimum absolute atomic E-state index is 0.0120. The minimum atomic E-state index is -1.21. The Bertz CT molecular complexity index is 353. The van der Waals surface area contributed by atoms with Crippen molar-refractivity contribution in [3.63, 3.8) is 0 Å². The first kappa shape index (κ1) is 17.7. The van der Waals surface area contributed by atoms with Gasteiger partial charge < -0.3 is 0 Å². The van der Waals surface area contributed by atoms with Crippen molar-refractivity contribution >= 4 is 0 Å². The normalized spacial score (nSPS) is 49.0. The number of hydrogen-bond donors (Lipinski definition) is 0. The van der Waals surface area contributed by atoms with E-state index in [0.717, 1.165) is 43.4 Å². The third-order valence-electron chi connectivity index (χ3n) is 7.77. The molecule has 0 radical (unpaired) electrons. The van der Waals surface area contributed by atoms with Crippen LogP contribution in [-0.4, -0.2) is 12.3 Å². The Morgan fingerprint density at radius 1 is 0.652 bits per heavy atom. The topological polar surface area (TPSA) is 0 Å². The third-order valence-corrected chi connectivity index (χ3v) is 7.77. The van der Waals surface area contributed by atoms with Crippen LogP contribution in [0.3, 0.4) is 0 Å². The fourth-order valence-electron chi connectivity index (χ4n) is 5.93. The van der Waals surface area contributed by atoms with Gasteiger partial charge in [-0.3, -0.25) is 0 Å². The van der Waals surface area contributed by atoms with E-state index >= 15 is 0 Å². The molecule has 3 aliphatic carbocycles. The molecule has 0 nitrogen and oxygen atoms in total. The molecule has 2 heteroatoms. The predicted molar refractivity (Wildman–Crippen MR) is 92.9 cm³/mol. The van der Waals surface area contributed by atoms with Crippen LogP contribution in [0.15, 0.2) is 0 Å². The molecule has 0 spiro atoms. The largest absolute Gasteiger partial charge is 0.244 e. The van der Waals surface area contributed by atoms with Gasteiger partial charge in [-0.2, -0.15) is 0 Å². The van der Waals surface area contributed by atoms with Gasteiger partial charge in [-0.05, 0) is 86.9 Å². The second-order valence-corrected chi connectivity index (χ2v) is 8.97. The van der Waals surface area contributed by atoms with Crippen LogP contribution < -0.4 is 0 Å². The average Bonchev–Trinajstić information content (AvgIpc) is 2.60. The van der Waals surface area contributed by atoms with Gasteiger partial charge in [-0.25, -0.2) is 8.78 Å². The molecule has 0 N–H and O–H groups in total. The van der Waals surface area contributed by atoms with Crippen LogP contribution in [0.5, 0.6) is 0 Å². The van der Waals surface area contributed by atoms with Crippen LogP contribution in [-0.2, 0) is 0 Å². The van der Waals surface area contributed by atoms with E-state index in [9.17, 15) is 8.78 Å². The molecule has 4 unspecified atom stereocenters. The number of hydrogen-bond acceptors (Lipinski definition) is 0. The van der Waals surface area contributed by atoms with E-state index in [0.29, 0.717) is 5.92 Å². The summed E-state index contributed by atoms with van der Waals surface area (Å²) < 4.78 is 28.5. The maximum absolute atomic E-state index is 14.4. The highest BCUT2D eigenvalue weighted by Crippen LogP contribution is 2.47. The van der Waals surface area contributed by atoms with Crippen molar-refractivity contribution in [3.8, 4) is 0 Å². The van der Waals surface area contributed by atoms with Crippen molar-refractivity contribution in [2.24, 2.45) is 35.5 Å². The molecule has 3 fully saturated rings. The minimum Gasteiger partial charge on any atom is -0.244 e. The lowest BCUT2D eigenvalue weighted by atomic mass is 9.64. The van der Waals surface area contributed by atoms with Crippen molar-refractivity contribution in [1.29, 1.82) is 0 Å². The van der Waals surface area contributed by atoms with Gasteiger partial charge in [-0.1, -0.05) is 33.1 Å². The second kappa shape index (κ2) is 7.83. The summed E-state index contributed by atoms with van der Waals surface area (Å²) in [6, 6.07) is 0. The molecule has 134 valence electrons. The monoisotopic (exact) mass is 326 g/mol. The van der Waals surface area contributed by atoms with Crippen LogP contribution in [0.25, 0.3) is 0 Å². The standard InChI is InChI=1S/C21H36F2/c1-3-15-5-7-16(8-6-15)17-9-11-18(12-10-17)19-13-4-14(2)20(22)21(19)23/h14-21H,3-13H2,1-2H3. The molecule has 0 saturated heterocycles. The summed E-state index contributed by atoms with van der Waals surface area (Å²) in [6.45, 7) is 4.20. The van der Waals surface area contributed by atoms with E-state index in [2.05, 4.69) is 6.92 Å². The highest BCUT2D eigenvalue weighted by atomic mass is 19.2. The predicted octanol–water partition coefficient (Wildman–Crippen LogP) is 6.73. The van der Waals surface area contributed by atoms with E-state index in [4.69, 9.17) is 0 Å². The fraction of sp³-hybridized carbons (Fsp3) is 1.00. The molecule has 0 aromatic heterocycles. The van der Waals surface area contributed by atoms with Gasteiger partial charge in [0.1, 0.15) is 12.3 Å². The zero-order chi connectivity index (χ0) is 16.4. The maximum Gasteiger partial charge on any atom is 0.134 e. The second-order valence-electron chi connectivity index (χ2n) is 8.97. The molecule has 0 bridgehead atoms.